The Labute approximate surface area is 75.0 Å². The average molecular weight is 246 g/mol. The van der Waals surface area contributed by atoms with Crippen LogP contribution in [0.5, 0.6) is 0 Å². The van der Waals surface area contributed by atoms with Gasteiger partial charge >= 0.3 is 0 Å². The van der Waals surface area contributed by atoms with Crippen molar-refractivity contribution in [1.82, 2.24) is 0 Å². The van der Waals surface area contributed by atoms with Gasteiger partial charge in [0.2, 0.25) is 0 Å². The molecule has 0 aliphatic carbocycles. The highest BCUT2D eigenvalue weighted by molar-refractivity contribution is 14.1. The van der Waals surface area contributed by atoms with Gasteiger partial charge in [-0.25, -0.2) is 0 Å². The third kappa shape index (κ3) is 1.73. The fourth-order valence-electron chi connectivity index (χ4n) is 0.825. The summed E-state index contributed by atoms with van der Waals surface area (Å²) < 4.78 is 1.13. The van der Waals surface area contributed by atoms with Crippen LogP contribution >= 0.6 is 22.6 Å². The number of benzene rings is 1. The van der Waals surface area contributed by atoms with E-state index in [1.54, 1.807) is 0 Å². The van der Waals surface area contributed by atoms with Crippen LogP contribution in [0.2, 0.25) is 0 Å². The van der Waals surface area contributed by atoms with Crippen molar-refractivity contribution in [2.45, 2.75) is 6.61 Å². The van der Waals surface area contributed by atoms with Gasteiger partial charge in [-0.1, -0.05) is 17.6 Å². The molecule has 0 atom stereocenters. The second-order valence-corrected chi connectivity index (χ2v) is 3.42. The van der Waals surface area contributed by atoms with E-state index in [1.165, 1.54) is 5.46 Å². The molecule has 0 amide bonds. The Kier molecular flexibility index (Phi) is 2.74. The zero-order chi connectivity index (χ0) is 7.56. The summed E-state index contributed by atoms with van der Waals surface area (Å²) in [7, 11) is 2.02. The van der Waals surface area contributed by atoms with Crippen molar-refractivity contribution in [3.05, 3.63) is 27.3 Å². The van der Waals surface area contributed by atoms with Gasteiger partial charge in [-0.05, 0) is 34.2 Å². The number of hydrogen-bond donors (Lipinski definition) is 1. The predicted molar refractivity (Wildman–Crippen MR) is 53.3 cm³/mol. The van der Waals surface area contributed by atoms with E-state index in [2.05, 4.69) is 22.6 Å². The van der Waals surface area contributed by atoms with E-state index in [9.17, 15) is 0 Å². The van der Waals surface area contributed by atoms with Crippen LogP contribution in [0.3, 0.4) is 0 Å². The second kappa shape index (κ2) is 3.39. The van der Waals surface area contributed by atoms with Gasteiger partial charge in [0.15, 0.2) is 0 Å². The first kappa shape index (κ1) is 8.08. The molecule has 0 unspecified atom stereocenters. The molecule has 0 bridgehead atoms. The summed E-state index contributed by atoms with van der Waals surface area (Å²) in [6.07, 6.45) is 0. The van der Waals surface area contributed by atoms with E-state index < -0.39 is 0 Å². The minimum Gasteiger partial charge on any atom is -0.392 e. The fraction of sp³-hybridized carbons (Fsp3) is 0.143. The monoisotopic (exact) mass is 246 g/mol. The Morgan fingerprint density at radius 2 is 2.20 bits per heavy atom. The maximum absolute atomic E-state index is 8.84. The third-order valence-electron chi connectivity index (χ3n) is 1.37. The zero-order valence-corrected chi connectivity index (χ0v) is 7.92. The SMILES string of the molecule is Bc1ccc(I)c(CO)c1. The van der Waals surface area contributed by atoms with Gasteiger partial charge in [-0.15, -0.1) is 0 Å². The molecule has 0 saturated carbocycles. The lowest BCUT2D eigenvalue weighted by atomic mass is 9.95. The number of hydrogen-bond acceptors (Lipinski definition) is 1. The molecule has 1 N–H and O–H groups in total. The van der Waals surface area contributed by atoms with Crippen LogP contribution in [0.1, 0.15) is 5.56 Å². The van der Waals surface area contributed by atoms with Gasteiger partial charge in [-0.2, -0.15) is 0 Å². The lowest BCUT2D eigenvalue weighted by Crippen LogP contribution is -2.04. The highest BCUT2D eigenvalue weighted by Crippen LogP contribution is 2.08. The largest absolute Gasteiger partial charge is 0.392 e. The van der Waals surface area contributed by atoms with Crippen molar-refractivity contribution in [2.75, 3.05) is 0 Å². The van der Waals surface area contributed by atoms with Gasteiger partial charge in [0, 0.05) is 3.57 Å². The highest BCUT2D eigenvalue weighted by Gasteiger charge is 1.95. The molecule has 1 nitrogen and oxygen atoms in total. The van der Waals surface area contributed by atoms with E-state index >= 15 is 0 Å². The molecular formula is C7H8BIO. The average Bonchev–Trinajstić information content (AvgIpc) is 1.94. The first-order valence-electron chi connectivity index (χ1n) is 3.10. The molecule has 3 heteroatoms. The molecule has 0 aromatic heterocycles. The van der Waals surface area contributed by atoms with Crippen molar-refractivity contribution in [2.24, 2.45) is 0 Å². The van der Waals surface area contributed by atoms with E-state index in [0.717, 1.165) is 9.13 Å². The summed E-state index contributed by atoms with van der Waals surface area (Å²) in [4.78, 5) is 0. The molecule has 0 aliphatic heterocycles. The van der Waals surface area contributed by atoms with Gasteiger partial charge in [0.1, 0.15) is 7.85 Å². The van der Waals surface area contributed by atoms with E-state index in [-0.39, 0.29) is 6.61 Å². The van der Waals surface area contributed by atoms with E-state index in [4.69, 9.17) is 5.11 Å². The lowest BCUT2D eigenvalue weighted by molar-refractivity contribution is 0.281. The molecule has 0 radical (unpaired) electrons. The van der Waals surface area contributed by atoms with Crippen LogP contribution < -0.4 is 5.46 Å². The van der Waals surface area contributed by atoms with Crippen LogP contribution in [0.4, 0.5) is 0 Å². The normalized spacial score (nSPS) is 9.80. The van der Waals surface area contributed by atoms with Crippen LogP contribution in [0, 0.1) is 3.57 Å². The maximum atomic E-state index is 8.84. The number of aliphatic hydroxyl groups excluding tert-OH is 1. The molecule has 0 aliphatic rings. The first-order chi connectivity index (χ1) is 4.74. The van der Waals surface area contributed by atoms with Crippen molar-refractivity contribution < 1.29 is 5.11 Å². The first-order valence-corrected chi connectivity index (χ1v) is 4.18. The van der Waals surface area contributed by atoms with Gasteiger partial charge in [-0.3, -0.25) is 0 Å². The minimum atomic E-state index is 0.139. The standard InChI is InChI=1S/C7H8BIO/c8-6-1-2-7(9)5(3-6)4-10/h1-3,10H,4,8H2. The smallest absolute Gasteiger partial charge is 0.139 e. The summed E-state index contributed by atoms with van der Waals surface area (Å²) in [5, 5.41) is 8.84. The molecule has 10 heavy (non-hydrogen) atoms. The molecule has 0 heterocycles. The Morgan fingerprint density at radius 3 is 2.70 bits per heavy atom. The second-order valence-electron chi connectivity index (χ2n) is 2.25. The van der Waals surface area contributed by atoms with Crippen molar-refractivity contribution in [3.63, 3.8) is 0 Å². The van der Waals surface area contributed by atoms with Crippen LogP contribution in [-0.2, 0) is 6.61 Å². The summed E-state index contributed by atoms with van der Waals surface area (Å²) in [5.74, 6) is 0. The van der Waals surface area contributed by atoms with Crippen LogP contribution in [-0.4, -0.2) is 13.0 Å². The number of aliphatic hydroxyl groups is 1. The molecule has 1 rings (SSSR count). The zero-order valence-electron chi connectivity index (χ0n) is 5.76. The minimum absolute atomic E-state index is 0.139. The van der Waals surface area contributed by atoms with Gasteiger partial charge in [0.05, 0.1) is 6.61 Å². The fourth-order valence-corrected chi connectivity index (χ4v) is 1.33. The molecule has 0 fully saturated rings. The number of halogens is 1. The summed E-state index contributed by atoms with van der Waals surface area (Å²) in [6.45, 7) is 0.139. The molecular weight excluding hydrogens is 238 g/mol. The Balaban J connectivity index is 3.09. The molecule has 0 saturated heterocycles. The summed E-state index contributed by atoms with van der Waals surface area (Å²) in [5.41, 5.74) is 2.21. The predicted octanol–water partition coefficient (Wildman–Crippen LogP) is 0.0419. The van der Waals surface area contributed by atoms with E-state index in [1.807, 2.05) is 26.0 Å². The third-order valence-corrected chi connectivity index (χ3v) is 2.42. The Morgan fingerprint density at radius 1 is 1.50 bits per heavy atom. The maximum Gasteiger partial charge on any atom is 0.139 e. The Hall–Kier alpha value is -0.0251. The Bertz CT molecular complexity index is 237. The highest BCUT2D eigenvalue weighted by atomic mass is 127. The lowest BCUT2D eigenvalue weighted by Gasteiger charge is -2.00. The van der Waals surface area contributed by atoms with Crippen molar-refractivity contribution in [3.8, 4) is 0 Å². The topological polar surface area (TPSA) is 20.2 Å². The van der Waals surface area contributed by atoms with Crippen molar-refractivity contribution in [1.29, 1.82) is 0 Å². The van der Waals surface area contributed by atoms with Crippen LogP contribution in [0.25, 0.3) is 0 Å². The molecule has 1 aromatic carbocycles. The van der Waals surface area contributed by atoms with Gasteiger partial charge in [0.25, 0.3) is 0 Å². The van der Waals surface area contributed by atoms with Crippen molar-refractivity contribution >= 4 is 35.9 Å². The molecule has 52 valence electrons. The van der Waals surface area contributed by atoms with Crippen LogP contribution in [0.15, 0.2) is 18.2 Å². The molecule has 0 spiro atoms. The summed E-state index contributed by atoms with van der Waals surface area (Å²) in [6, 6.07) is 6.06. The molecule has 1 aromatic rings. The quantitative estimate of drug-likeness (QED) is 0.548. The van der Waals surface area contributed by atoms with E-state index in [0.29, 0.717) is 0 Å². The number of rotatable bonds is 1. The van der Waals surface area contributed by atoms with Gasteiger partial charge < -0.3 is 5.11 Å². The summed E-state index contributed by atoms with van der Waals surface area (Å²) >= 11 is 2.22.